The van der Waals surface area contributed by atoms with E-state index >= 15 is 0 Å². The number of carboxylic acid groups (broad SMARTS) is 1. The lowest BCUT2D eigenvalue weighted by molar-refractivity contribution is -0.149. The summed E-state index contributed by atoms with van der Waals surface area (Å²) in [7, 11) is 0. The molecule has 6 nitrogen and oxygen atoms in total. The molecule has 0 unspecified atom stereocenters. The molecule has 2 aromatic carbocycles. The molecular formula is C23H21NO5. The number of carbonyl (C=O) groups is 3. The van der Waals surface area contributed by atoms with Crippen LogP contribution in [0.3, 0.4) is 0 Å². The lowest BCUT2D eigenvalue weighted by Gasteiger charge is -2.16. The summed E-state index contributed by atoms with van der Waals surface area (Å²) in [5, 5.41) is 8.60. The lowest BCUT2D eigenvalue weighted by Crippen LogP contribution is -2.27. The van der Waals surface area contributed by atoms with E-state index in [9.17, 15) is 14.4 Å². The number of hydrogen-bond acceptors (Lipinski definition) is 4. The van der Waals surface area contributed by atoms with Crippen molar-refractivity contribution in [2.45, 2.75) is 38.5 Å². The Morgan fingerprint density at radius 1 is 1.03 bits per heavy atom. The maximum Gasteiger partial charge on any atom is 0.332 e. The Morgan fingerprint density at radius 2 is 1.83 bits per heavy atom. The monoisotopic (exact) mass is 391 g/mol. The standard InChI is InChI=1S/C23H21NO5/c25-20(26)14-5-6-15-21(27)29-24-23(28)19-13-7-11-17-10-2-1-8-16-9-3-4-12-18(16)22(17)19/h3-4,7,9,11-13H,1,5-6,8,14-15H2,(H,24,28)(H,25,26). The van der Waals surface area contributed by atoms with Gasteiger partial charge < -0.3 is 9.94 Å². The van der Waals surface area contributed by atoms with Crippen LogP contribution in [-0.2, 0) is 20.8 Å². The highest BCUT2D eigenvalue weighted by atomic mass is 16.7. The highest BCUT2D eigenvalue weighted by Crippen LogP contribution is 2.32. The molecule has 0 fully saturated rings. The van der Waals surface area contributed by atoms with Crippen LogP contribution in [0.15, 0.2) is 42.5 Å². The molecule has 0 saturated heterocycles. The van der Waals surface area contributed by atoms with E-state index in [0.29, 0.717) is 18.4 Å². The van der Waals surface area contributed by atoms with Crippen molar-refractivity contribution in [3.63, 3.8) is 0 Å². The summed E-state index contributed by atoms with van der Waals surface area (Å²) in [5.74, 6) is 4.21. The number of carboxylic acids is 1. The van der Waals surface area contributed by atoms with Crippen LogP contribution in [0.5, 0.6) is 0 Å². The molecular weight excluding hydrogens is 370 g/mol. The molecule has 6 heteroatoms. The fourth-order valence-corrected chi connectivity index (χ4v) is 3.23. The van der Waals surface area contributed by atoms with Gasteiger partial charge >= 0.3 is 11.9 Å². The van der Waals surface area contributed by atoms with Crippen LogP contribution in [0.2, 0.25) is 0 Å². The lowest BCUT2D eigenvalue weighted by atomic mass is 9.88. The van der Waals surface area contributed by atoms with E-state index in [1.54, 1.807) is 12.1 Å². The number of amides is 1. The Morgan fingerprint density at radius 3 is 2.66 bits per heavy atom. The second-order valence-electron chi connectivity index (χ2n) is 6.69. The molecule has 1 amide bonds. The zero-order valence-electron chi connectivity index (χ0n) is 15.9. The van der Waals surface area contributed by atoms with Crippen molar-refractivity contribution < 1.29 is 24.3 Å². The van der Waals surface area contributed by atoms with Crippen molar-refractivity contribution in [1.82, 2.24) is 5.48 Å². The molecule has 0 aromatic heterocycles. The number of hydroxylamine groups is 1. The topological polar surface area (TPSA) is 92.7 Å². The van der Waals surface area contributed by atoms with E-state index < -0.39 is 17.8 Å². The van der Waals surface area contributed by atoms with Crippen molar-refractivity contribution in [3.8, 4) is 23.0 Å². The molecule has 0 heterocycles. The Kier molecular flexibility index (Phi) is 6.64. The van der Waals surface area contributed by atoms with Crippen molar-refractivity contribution in [2.24, 2.45) is 0 Å². The van der Waals surface area contributed by atoms with E-state index in [1.807, 2.05) is 30.3 Å². The van der Waals surface area contributed by atoms with Gasteiger partial charge in [-0.25, -0.2) is 4.79 Å². The van der Waals surface area contributed by atoms with Crippen LogP contribution < -0.4 is 5.48 Å². The Hall–Kier alpha value is -3.59. The summed E-state index contributed by atoms with van der Waals surface area (Å²) in [5.41, 5.74) is 6.13. The molecule has 0 atom stereocenters. The third-order valence-electron chi connectivity index (χ3n) is 4.62. The first kappa shape index (κ1) is 20.2. The first-order valence-electron chi connectivity index (χ1n) is 9.48. The minimum absolute atomic E-state index is 0.00373. The van der Waals surface area contributed by atoms with Crippen LogP contribution in [0, 0.1) is 11.8 Å². The van der Waals surface area contributed by atoms with Crippen LogP contribution in [0.1, 0.15) is 53.6 Å². The molecule has 1 aliphatic rings. The van der Waals surface area contributed by atoms with Gasteiger partial charge in [0.05, 0.1) is 5.56 Å². The van der Waals surface area contributed by atoms with Crippen LogP contribution >= 0.6 is 0 Å². The van der Waals surface area contributed by atoms with E-state index in [4.69, 9.17) is 9.94 Å². The number of carbonyl (C=O) groups excluding carboxylic acids is 2. The normalized spacial score (nSPS) is 11.6. The number of fused-ring (bicyclic) bond motifs is 3. The minimum Gasteiger partial charge on any atom is -0.481 e. The van der Waals surface area contributed by atoms with Gasteiger partial charge in [-0.15, -0.1) is 0 Å². The van der Waals surface area contributed by atoms with Crippen LogP contribution in [0.4, 0.5) is 0 Å². The Balaban J connectivity index is 1.74. The van der Waals surface area contributed by atoms with Gasteiger partial charge in [0.1, 0.15) is 0 Å². The molecule has 0 aliphatic heterocycles. The van der Waals surface area contributed by atoms with Crippen LogP contribution in [0.25, 0.3) is 11.1 Å². The molecule has 0 saturated carbocycles. The van der Waals surface area contributed by atoms with Gasteiger partial charge in [-0.2, -0.15) is 5.48 Å². The van der Waals surface area contributed by atoms with Crippen molar-refractivity contribution in [2.75, 3.05) is 0 Å². The molecule has 2 N–H and O–H groups in total. The van der Waals surface area contributed by atoms with Gasteiger partial charge in [0.25, 0.3) is 5.91 Å². The van der Waals surface area contributed by atoms with E-state index in [0.717, 1.165) is 35.1 Å². The van der Waals surface area contributed by atoms with E-state index in [2.05, 4.69) is 17.3 Å². The summed E-state index contributed by atoms with van der Waals surface area (Å²) in [4.78, 5) is 39.9. The molecule has 0 spiro atoms. The molecule has 0 bridgehead atoms. The molecule has 148 valence electrons. The van der Waals surface area contributed by atoms with Gasteiger partial charge in [0.2, 0.25) is 0 Å². The van der Waals surface area contributed by atoms with Gasteiger partial charge in [0, 0.05) is 30.4 Å². The zero-order valence-corrected chi connectivity index (χ0v) is 15.9. The average molecular weight is 391 g/mol. The average Bonchev–Trinajstić information content (AvgIpc) is 2.70. The van der Waals surface area contributed by atoms with Gasteiger partial charge in [0.15, 0.2) is 0 Å². The van der Waals surface area contributed by atoms with E-state index in [-0.39, 0.29) is 12.8 Å². The number of aryl methyl sites for hydroxylation is 1. The maximum absolute atomic E-state index is 12.7. The number of nitrogens with one attached hydrogen (secondary N) is 1. The second kappa shape index (κ2) is 9.56. The zero-order chi connectivity index (χ0) is 20.6. The Labute approximate surface area is 168 Å². The molecule has 2 aromatic rings. The summed E-state index contributed by atoms with van der Waals surface area (Å²) in [6.45, 7) is 0. The summed E-state index contributed by atoms with van der Waals surface area (Å²) in [6.07, 6.45) is 2.33. The third-order valence-corrected chi connectivity index (χ3v) is 4.62. The van der Waals surface area contributed by atoms with Crippen LogP contribution in [-0.4, -0.2) is 23.0 Å². The second-order valence-corrected chi connectivity index (χ2v) is 6.69. The highest BCUT2D eigenvalue weighted by molar-refractivity contribution is 6.02. The fourth-order valence-electron chi connectivity index (χ4n) is 3.23. The Bertz CT molecular complexity index is 1000. The SMILES string of the molecule is O=C(O)CCCCC(=O)ONC(=O)c1cccc2c1-c1ccccc1CCC#C2. The quantitative estimate of drug-likeness (QED) is 0.447. The minimum atomic E-state index is -0.907. The smallest absolute Gasteiger partial charge is 0.332 e. The first-order valence-corrected chi connectivity index (χ1v) is 9.48. The summed E-state index contributed by atoms with van der Waals surface area (Å²) in [6, 6.07) is 13.2. The first-order chi connectivity index (χ1) is 14.1. The van der Waals surface area contributed by atoms with Crippen molar-refractivity contribution in [1.29, 1.82) is 0 Å². The fraction of sp³-hybridized carbons (Fsp3) is 0.261. The van der Waals surface area contributed by atoms with Crippen molar-refractivity contribution >= 4 is 17.8 Å². The van der Waals surface area contributed by atoms with E-state index in [1.165, 1.54) is 0 Å². The maximum atomic E-state index is 12.7. The molecule has 29 heavy (non-hydrogen) atoms. The van der Waals surface area contributed by atoms with Crippen molar-refractivity contribution in [3.05, 3.63) is 59.2 Å². The number of unbranched alkanes of at least 4 members (excludes halogenated alkanes) is 1. The number of aliphatic carboxylic acids is 1. The molecule has 1 aliphatic carbocycles. The summed E-state index contributed by atoms with van der Waals surface area (Å²) < 4.78 is 0. The molecule has 3 rings (SSSR count). The van der Waals surface area contributed by atoms with Gasteiger partial charge in [-0.05, 0) is 42.5 Å². The predicted molar refractivity (Wildman–Crippen MR) is 107 cm³/mol. The molecule has 0 radical (unpaired) electrons. The number of hydrogen-bond donors (Lipinski definition) is 2. The van der Waals surface area contributed by atoms with Gasteiger partial charge in [-0.1, -0.05) is 42.2 Å². The third kappa shape index (κ3) is 5.23. The summed E-state index contributed by atoms with van der Waals surface area (Å²) >= 11 is 0. The number of benzene rings is 2. The van der Waals surface area contributed by atoms with Gasteiger partial charge in [-0.3, -0.25) is 9.59 Å². The largest absolute Gasteiger partial charge is 0.481 e. The number of rotatable bonds is 6. The predicted octanol–water partition coefficient (Wildman–Crippen LogP) is 3.48. The highest BCUT2D eigenvalue weighted by Gasteiger charge is 2.20.